The largest absolute Gasteiger partial charge is 0.396 e. The molecule has 0 spiro atoms. The van der Waals surface area contributed by atoms with Gasteiger partial charge >= 0.3 is 0 Å². The van der Waals surface area contributed by atoms with Gasteiger partial charge in [-0.1, -0.05) is 13.8 Å². The summed E-state index contributed by atoms with van der Waals surface area (Å²) in [5, 5.41) is 30.3. The number of thioether (sulfide) groups is 1. The molecule has 10 nitrogen and oxygen atoms in total. The van der Waals surface area contributed by atoms with Crippen molar-refractivity contribution in [1.29, 1.82) is 0 Å². The number of aromatic nitrogens is 2. The number of allylic oxidation sites excluding steroid dienone is 2. The van der Waals surface area contributed by atoms with Crippen LogP contribution in [0.3, 0.4) is 0 Å². The van der Waals surface area contributed by atoms with Crippen LogP contribution in [0.5, 0.6) is 0 Å². The zero-order valence-electron chi connectivity index (χ0n) is 16.2. The molecule has 0 fully saturated rings. The summed E-state index contributed by atoms with van der Waals surface area (Å²) >= 11 is 1.16. The zero-order chi connectivity index (χ0) is 21.6. The SMILES string of the molecule is CC(C)(CO)C(O)C(=O)NCCC(=O)NCCSC1=CC(=O)c2[nH]ncc2C1=O. The second kappa shape index (κ2) is 9.81. The Morgan fingerprint density at radius 1 is 1.28 bits per heavy atom. The number of aliphatic hydroxyl groups excluding tert-OH is 2. The first-order valence-electron chi connectivity index (χ1n) is 8.97. The summed E-state index contributed by atoms with van der Waals surface area (Å²) in [6.45, 7) is 3.06. The minimum Gasteiger partial charge on any atom is -0.396 e. The van der Waals surface area contributed by atoms with Crippen molar-refractivity contribution in [2.24, 2.45) is 5.41 Å². The van der Waals surface area contributed by atoms with E-state index in [9.17, 15) is 24.3 Å². The van der Waals surface area contributed by atoms with Crippen molar-refractivity contribution in [2.75, 3.05) is 25.4 Å². The average Bonchev–Trinajstić information content (AvgIpc) is 3.18. The number of Topliss-reactive ketones (excluding diaryl/α,β-unsaturated/α-hetero) is 1. The monoisotopic (exact) mass is 424 g/mol. The molecule has 0 saturated carbocycles. The molecule has 0 saturated heterocycles. The smallest absolute Gasteiger partial charge is 0.249 e. The predicted octanol–water partition coefficient (Wildman–Crippen LogP) is -0.592. The van der Waals surface area contributed by atoms with E-state index in [1.165, 1.54) is 12.3 Å². The number of nitrogens with zero attached hydrogens (tertiary/aromatic N) is 1. The molecule has 1 unspecified atom stereocenters. The van der Waals surface area contributed by atoms with E-state index in [1.54, 1.807) is 13.8 Å². The van der Waals surface area contributed by atoms with Crippen molar-refractivity contribution in [3.05, 3.63) is 28.4 Å². The third kappa shape index (κ3) is 5.75. The molecule has 2 rings (SSSR count). The van der Waals surface area contributed by atoms with Crippen LogP contribution in [0.15, 0.2) is 17.2 Å². The van der Waals surface area contributed by atoms with Crippen LogP contribution in [0, 0.1) is 5.41 Å². The standard InChI is InChI=1S/C18H24N4O6S/c1-18(2,9-23)16(27)17(28)20-4-3-13(25)19-5-6-29-12-7-11(24)14-10(15(12)26)8-21-22-14/h7-8,16,23,27H,3-6,9H2,1-2H3,(H,19,25)(H,20,28)(H,21,22). The highest BCUT2D eigenvalue weighted by atomic mass is 32.2. The molecule has 1 aromatic rings. The van der Waals surface area contributed by atoms with Gasteiger partial charge < -0.3 is 20.8 Å². The Bertz CT molecular complexity index is 832. The molecule has 2 amide bonds. The molecule has 0 radical (unpaired) electrons. The summed E-state index contributed by atoms with van der Waals surface area (Å²) < 4.78 is 0. The minimum absolute atomic E-state index is 0.0151. The Hall–Kier alpha value is -2.50. The highest BCUT2D eigenvalue weighted by molar-refractivity contribution is 8.04. The summed E-state index contributed by atoms with van der Waals surface area (Å²) in [6, 6.07) is 0. The lowest BCUT2D eigenvalue weighted by Gasteiger charge is -2.27. The molecule has 29 heavy (non-hydrogen) atoms. The van der Waals surface area contributed by atoms with E-state index in [0.717, 1.165) is 11.8 Å². The number of nitrogens with one attached hydrogen (secondary N) is 3. The molecular formula is C18H24N4O6S. The number of hydrogen-bond donors (Lipinski definition) is 5. The lowest BCUT2D eigenvalue weighted by atomic mass is 9.87. The van der Waals surface area contributed by atoms with Gasteiger partial charge in [0.15, 0.2) is 0 Å². The first-order chi connectivity index (χ1) is 13.7. The molecule has 1 atom stereocenters. The topological polar surface area (TPSA) is 161 Å². The minimum atomic E-state index is -1.38. The van der Waals surface area contributed by atoms with Gasteiger partial charge in [0.2, 0.25) is 23.4 Å². The number of aliphatic hydroxyl groups is 2. The predicted molar refractivity (Wildman–Crippen MR) is 105 cm³/mol. The number of hydrogen-bond acceptors (Lipinski definition) is 8. The van der Waals surface area contributed by atoms with Crippen LogP contribution in [-0.4, -0.2) is 75.3 Å². The summed E-state index contributed by atoms with van der Waals surface area (Å²) in [4.78, 5) is 48.1. The maximum atomic E-state index is 12.2. The van der Waals surface area contributed by atoms with Crippen LogP contribution in [0.2, 0.25) is 0 Å². The fourth-order valence-electron chi connectivity index (χ4n) is 2.42. The number of H-pyrrole nitrogens is 1. The first-order valence-corrected chi connectivity index (χ1v) is 9.96. The summed E-state index contributed by atoms with van der Waals surface area (Å²) in [5.41, 5.74) is -0.554. The molecule has 1 aromatic heterocycles. The number of aromatic amines is 1. The third-order valence-corrected chi connectivity index (χ3v) is 5.37. The highest BCUT2D eigenvalue weighted by Crippen LogP contribution is 2.26. The fourth-order valence-corrected chi connectivity index (χ4v) is 3.28. The number of ketones is 2. The highest BCUT2D eigenvalue weighted by Gasteiger charge is 2.32. The molecule has 1 heterocycles. The number of amides is 2. The molecule has 0 aromatic carbocycles. The molecular weight excluding hydrogens is 400 g/mol. The van der Waals surface area contributed by atoms with Gasteiger partial charge in [0, 0.05) is 36.8 Å². The molecule has 11 heteroatoms. The fraction of sp³-hybridized carbons (Fsp3) is 0.500. The summed E-state index contributed by atoms with van der Waals surface area (Å²) in [5.74, 6) is -1.17. The van der Waals surface area contributed by atoms with E-state index in [0.29, 0.717) is 10.7 Å². The van der Waals surface area contributed by atoms with Gasteiger partial charge in [-0.3, -0.25) is 24.3 Å². The molecule has 1 aliphatic carbocycles. The van der Waals surface area contributed by atoms with Crippen LogP contribution in [-0.2, 0) is 9.59 Å². The average molecular weight is 424 g/mol. The molecule has 0 bridgehead atoms. The van der Waals surface area contributed by atoms with E-state index in [-0.39, 0.29) is 54.8 Å². The molecule has 5 N–H and O–H groups in total. The quantitative estimate of drug-likeness (QED) is 0.311. The first kappa shape index (κ1) is 22.8. The van der Waals surface area contributed by atoms with E-state index in [4.69, 9.17) is 5.11 Å². The van der Waals surface area contributed by atoms with Gasteiger partial charge in [-0.05, 0) is 0 Å². The number of rotatable bonds is 10. The van der Waals surface area contributed by atoms with Crippen molar-refractivity contribution in [3.63, 3.8) is 0 Å². The summed E-state index contributed by atoms with van der Waals surface area (Å²) in [7, 11) is 0. The van der Waals surface area contributed by atoms with E-state index >= 15 is 0 Å². The van der Waals surface area contributed by atoms with Gasteiger partial charge in [0.05, 0.1) is 23.3 Å². The Balaban J connectivity index is 1.66. The van der Waals surface area contributed by atoms with E-state index in [1.807, 2.05) is 0 Å². The van der Waals surface area contributed by atoms with Crippen LogP contribution >= 0.6 is 11.8 Å². The van der Waals surface area contributed by atoms with Gasteiger partial charge in [-0.2, -0.15) is 5.10 Å². The van der Waals surface area contributed by atoms with Crippen LogP contribution in [0.1, 0.15) is 41.1 Å². The maximum absolute atomic E-state index is 12.2. The second-order valence-corrected chi connectivity index (χ2v) is 8.29. The van der Waals surface area contributed by atoms with Crippen LogP contribution in [0.4, 0.5) is 0 Å². The van der Waals surface area contributed by atoms with Crippen LogP contribution in [0.25, 0.3) is 0 Å². The second-order valence-electron chi connectivity index (χ2n) is 7.15. The Kier molecular flexibility index (Phi) is 7.71. The summed E-state index contributed by atoms with van der Waals surface area (Å²) in [6.07, 6.45) is 1.20. The van der Waals surface area contributed by atoms with Crippen LogP contribution < -0.4 is 10.6 Å². The number of fused-ring (bicyclic) bond motifs is 1. The van der Waals surface area contributed by atoms with E-state index < -0.39 is 17.4 Å². The molecule has 158 valence electrons. The lowest BCUT2D eigenvalue weighted by Crippen LogP contribution is -2.46. The van der Waals surface area contributed by atoms with Gasteiger partial charge in [-0.25, -0.2) is 0 Å². The van der Waals surface area contributed by atoms with Gasteiger partial charge in [0.25, 0.3) is 0 Å². The van der Waals surface area contributed by atoms with Crippen molar-refractivity contribution in [1.82, 2.24) is 20.8 Å². The zero-order valence-corrected chi connectivity index (χ0v) is 17.0. The van der Waals surface area contributed by atoms with Crippen molar-refractivity contribution < 1.29 is 29.4 Å². The molecule has 0 aliphatic heterocycles. The number of carbonyl (C=O) groups is 4. The van der Waals surface area contributed by atoms with Crippen molar-refractivity contribution in [3.8, 4) is 0 Å². The lowest BCUT2D eigenvalue weighted by molar-refractivity contribution is -0.137. The van der Waals surface area contributed by atoms with Crippen molar-refractivity contribution in [2.45, 2.75) is 26.4 Å². The van der Waals surface area contributed by atoms with Crippen molar-refractivity contribution >= 4 is 35.1 Å². The van der Waals surface area contributed by atoms with Gasteiger partial charge in [0.1, 0.15) is 11.8 Å². The Morgan fingerprint density at radius 3 is 2.69 bits per heavy atom. The van der Waals surface area contributed by atoms with E-state index in [2.05, 4.69) is 20.8 Å². The number of carbonyl (C=O) groups excluding carboxylic acids is 4. The molecule has 1 aliphatic rings. The maximum Gasteiger partial charge on any atom is 0.249 e. The Labute approximate surface area is 171 Å². The normalized spacial score (nSPS) is 14.8. The third-order valence-electron chi connectivity index (χ3n) is 4.35. The Morgan fingerprint density at radius 2 is 2.00 bits per heavy atom. The van der Waals surface area contributed by atoms with Gasteiger partial charge in [-0.15, -0.1) is 11.8 Å².